The van der Waals surface area contributed by atoms with Crippen molar-refractivity contribution in [1.82, 2.24) is 5.32 Å². The van der Waals surface area contributed by atoms with Crippen molar-refractivity contribution in [3.8, 4) is 5.75 Å². The van der Waals surface area contributed by atoms with Crippen molar-refractivity contribution >= 4 is 62.6 Å². The minimum Gasteiger partial charge on any atom is -0.482 e. The molecule has 7 nitrogen and oxygen atoms in total. The number of aromatic carboxylic acids is 1. The van der Waals surface area contributed by atoms with E-state index in [9.17, 15) is 19.5 Å². The molecule has 0 saturated heterocycles. The number of hydrogen-bond acceptors (Lipinski definition) is 4. The standard InChI is InChI=1S/C23H17BrCl2N2O5/c24-15-8-14(11-27-22(30)13-4-2-1-3-5-13)21(17(9-15)23(31)32)28-20(29)12-33-19-7-6-16(25)10-18(19)26/h1-10H,11-12H2,(H,27,30)(H,28,29)(H,31,32). The summed E-state index contributed by atoms with van der Waals surface area (Å²) < 4.78 is 5.89. The lowest BCUT2D eigenvalue weighted by atomic mass is 10.1. The van der Waals surface area contributed by atoms with Crippen molar-refractivity contribution in [2.75, 3.05) is 11.9 Å². The largest absolute Gasteiger partial charge is 0.482 e. The average molecular weight is 552 g/mol. The molecule has 170 valence electrons. The van der Waals surface area contributed by atoms with Gasteiger partial charge in [-0.3, -0.25) is 9.59 Å². The van der Waals surface area contributed by atoms with Crippen LogP contribution >= 0.6 is 39.1 Å². The summed E-state index contributed by atoms with van der Waals surface area (Å²) in [6.45, 7) is -0.445. The molecular formula is C23H17BrCl2N2O5. The van der Waals surface area contributed by atoms with Gasteiger partial charge >= 0.3 is 5.97 Å². The summed E-state index contributed by atoms with van der Waals surface area (Å²) in [6.07, 6.45) is 0. The molecule has 0 spiro atoms. The van der Waals surface area contributed by atoms with Crippen LogP contribution in [0.15, 0.2) is 65.1 Å². The third-order valence-corrected chi connectivity index (χ3v) is 5.40. The Bertz CT molecular complexity index is 1200. The predicted octanol–water partition coefficient (Wildman–Crippen LogP) is 5.40. The average Bonchev–Trinajstić information content (AvgIpc) is 2.78. The van der Waals surface area contributed by atoms with Crippen molar-refractivity contribution in [2.45, 2.75) is 6.54 Å². The number of rotatable bonds is 8. The monoisotopic (exact) mass is 550 g/mol. The number of carboxylic acids is 1. The number of ether oxygens (including phenoxy) is 1. The molecule has 0 aromatic heterocycles. The van der Waals surface area contributed by atoms with Crippen LogP contribution in [0.2, 0.25) is 10.0 Å². The lowest BCUT2D eigenvalue weighted by molar-refractivity contribution is -0.118. The molecule has 10 heteroatoms. The van der Waals surface area contributed by atoms with Gasteiger partial charge in [-0.2, -0.15) is 0 Å². The van der Waals surface area contributed by atoms with Gasteiger partial charge in [-0.05, 0) is 48.0 Å². The van der Waals surface area contributed by atoms with Crippen molar-refractivity contribution in [2.24, 2.45) is 0 Å². The topological polar surface area (TPSA) is 105 Å². The van der Waals surface area contributed by atoms with Crippen LogP contribution in [0.3, 0.4) is 0 Å². The van der Waals surface area contributed by atoms with Gasteiger partial charge in [-0.15, -0.1) is 0 Å². The third kappa shape index (κ3) is 6.71. The predicted molar refractivity (Wildman–Crippen MR) is 129 cm³/mol. The number of halogens is 3. The molecule has 0 heterocycles. The zero-order chi connectivity index (χ0) is 24.0. The summed E-state index contributed by atoms with van der Waals surface area (Å²) in [5.41, 5.74) is 0.745. The molecule has 2 amide bonds. The van der Waals surface area contributed by atoms with E-state index in [0.29, 0.717) is 20.6 Å². The molecule has 33 heavy (non-hydrogen) atoms. The normalized spacial score (nSPS) is 10.4. The second kappa shape index (κ2) is 11.2. The highest BCUT2D eigenvalue weighted by atomic mass is 79.9. The van der Waals surface area contributed by atoms with Gasteiger partial charge in [-0.1, -0.05) is 57.3 Å². The molecule has 0 atom stereocenters. The smallest absolute Gasteiger partial charge is 0.337 e. The van der Waals surface area contributed by atoms with Gasteiger partial charge in [-0.25, -0.2) is 4.79 Å². The van der Waals surface area contributed by atoms with Gasteiger partial charge in [0.25, 0.3) is 11.8 Å². The Labute approximate surface area is 207 Å². The highest BCUT2D eigenvalue weighted by Gasteiger charge is 2.19. The number of nitrogens with one attached hydrogen (secondary N) is 2. The summed E-state index contributed by atoms with van der Waals surface area (Å²) >= 11 is 15.2. The summed E-state index contributed by atoms with van der Waals surface area (Å²) in [6, 6.07) is 16.1. The zero-order valence-corrected chi connectivity index (χ0v) is 20.0. The molecule has 0 aliphatic heterocycles. The third-order valence-electron chi connectivity index (χ3n) is 4.41. The lowest BCUT2D eigenvalue weighted by Gasteiger charge is -2.16. The SMILES string of the molecule is O=C(COc1ccc(Cl)cc1Cl)Nc1c(CNC(=O)c2ccccc2)cc(Br)cc1C(=O)O. The molecule has 0 fully saturated rings. The molecule has 3 N–H and O–H groups in total. The molecule has 0 bridgehead atoms. The maximum Gasteiger partial charge on any atom is 0.337 e. The maximum absolute atomic E-state index is 12.5. The fourth-order valence-electron chi connectivity index (χ4n) is 2.90. The van der Waals surface area contributed by atoms with Crippen molar-refractivity contribution < 1.29 is 24.2 Å². The Morgan fingerprint density at radius 2 is 1.73 bits per heavy atom. The fraction of sp³-hybridized carbons (Fsp3) is 0.0870. The van der Waals surface area contributed by atoms with Crippen LogP contribution in [0, 0.1) is 0 Å². The van der Waals surface area contributed by atoms with E-state index >= 15 is 0 Å². The molecule has 3 aromatic rings. The van der Waals surface area contributed by atoms with Gasteiger partial charge in [0.05, 0.1) is 16.3 Å². The first-order valence-corrected chi connectivity index (χ1v) is 11.1. The summed E-state index contributed by atoms with van der Waals surface area (Å²) in [5, 5.41) is 15.6. The number of hydrogen-bond donors (Lipinski definition) is 3. The van der Waals surface area contributed by atoms with Crippen LogP contribution in [0.1, 0.15) is 26.3 Å². The second-order valence-corrected chi connectivity index (χ2v) is 8.51. The van der Waals surface area contributed by atoms with E-state index in [1.807, 2.05) is 0 Å². The van der Waals surface area contributed by atoms with Crippen LogP contribution in [0.25, 0.3) is 0 Å². The van der Waals surface area contributed by atoms with Crippen LogP contribution in [0.5, 0.6) is 5.75 Å². The van der Waals surface area contributed by atoms with Crippen molar-refractivity contribution in [3.05, 3.63) is 91.9 Å². The number of amides is 2. The van der Waals surface area contributed by atoms with E-state index in [2.05, 4.69) is 26.6 Å². The zero-order valence-electron chi connectivity index (χ0n) is 16.9. The van der Waals surface area contributed by atoms with E-state index in [-0.39, 0.29) is 34.5 Å². The van der Waals surface area contributed by atoms with Gasteiger partial charge in [0.1, 0.15) is 5.75 Å². The molecule has 3 rings (SSSR count). The van der Waals surface area contributed by atoms with Gasteiger partial charge in [0.15, 0.2) is 6.61 Å². The molecule has 0 saturated carbocycles. The van der Waals surface area contributed by atoms with Crippen LogP contribution in [-0.2, 0) is 11.3 Å². The van der Waals surface area contributed by atoms with Crippen LogP contribution in [-0.4, -0.2) is 29.5 Å². The molecule has 3 aromatic carbocycles. The Hall–Kier alpha value is -3.07. The van der Waals surface area contributed by atoms with Gasteiger partial charge < -0.3 is 20.5 Å². The summed E-state index contributed by atoms with van der Waals surface area (Å²) in [4.78, 5) is 36.7. The Kier molecular flexibility index (Phi) is 8.32. The summed E-state index contributed by atoms with van der Waals surface area (Å²) in [7, 11) is 0. The van der Waals surface area contributed by atoms with E-state index < -0.39 is 18.5 Å². The molecular weight excluding hydrogens is 535 g/mol. The summed E-state index contributed by atoms with van der Waals surface area (Å²) in [5.74, 6) is -1.95. The number of anilines is 1. The molecule has 0 radical (unpaired) electrons. The number of carbonyl (C=O) groups is 3. The second-order valence-electron chi connectivity index (χ2n) is 6.75. The van der Waals surface area contributed by atoms with Crippen molar-refractivity contribution in [3.63, 3.8) is 0 Å². The Balaban J connectivity index is 1.78. The van der Waals surface area contributed by atoms with Crippen LogP contribution in [0.4, 0.5) is 5.69 Å². The van der Waals surface area contributed by atoms with Crippen molar-refractivity contribution in [1.29, 1.82) is 0 Å². The maximum atomic E-state index is 12.5. The molecule has 0 aliphatic carbocycles. The highest BCUT2D eigenvalue weighted by Crippen LogP contribution is 2.29. The first kappa shape index (κ1) is 24.6. The van der Waals surface area contributed by atoms with Gasteiger partial charge in [0.2, 0.25) is 0 Å². The fourth-order valence-corrected chi connectivity index (χ4v) is 3.87. The highest BCUT2D eigenvalue weighted by molar-refractivity contribution is 9.10. The Morgan fingerprint density at radius 3 is 2.39 bits per heavy atom. The van der Waals surface area contributed by atoms with E-state index in [1.165, 1.54) is 18.2 Å². The Morgan fingerprint density at radius 1 is 1.00 bits per heavy atom. The minimum atomic E-state index is -1.25. The van der Waals surface area contributed by atoms with E-state index in [4.69, 9.17) is 27.9 Å². The minimum absolute atomic E-state index is 0.0209. The number of carbonyl (C=O) groups excluding carboxylic acids is 2. The number of carboxylic acid groups (broad SMARTS) is 1. The number of benzene rings is 3. The van der Waals surface area contributed by atoms with Gasteiger partial charge in [0, 0.05) is 21.6 Å². The lowest BCUT2D eigenvalue weighted by Crippen LogP contribution is -2.26. The first-order valence-electron chi connectivity index (χ1n) is 9.51. The van der Waals surface area contributed by atoms with Crippen LogP contribution < -0.4 is 15.4 Å². The molecule has 0 unspecified atom stereocenters. The van der Waals surface area contributed by atoms with E-state index in [1.54, 1.807) is 42.5 Å². The quantitative estimate of drug-likeness (QED) is 0.347. The first-order chi connectivity index (χ1) is 15.7. The molecule has 0 aliphatic rings. The van der Waals surface area contributed by atoms with E-state index in [0.717, 1.165) is 0 Å².